The molecule has 2 aliphatic heterocycles. The SMILES string of the molecule is O=S(=O)(CC[C@@H]1CCC[C@]2(CCC[C@@H](CCCCOCc3ccccc3)O2)O1)c1nnnn1-c1ccccc1. The van der Waals surface area contributed by atoms with E-state index in [2.05, 4.69) is 27.7 Å². The maximum atomic E-state index is 13.2. The van der Waals surface area contributed by atoms with Crippen molar-refractivity contribution >= 4 is 9.84 Å². The van der Waals surface area contributed by atoms with Gasteiger partial charge in [0.05, 0.1) is 30.3 Å². The van der Waals surface area contributed by atoms with Gasteiger partial charge in [0.2, 0.25) is 9.84 Å². The second kappa shape index (κ2) is 13.1. The zero-order chi connectivity index (χ0) is 27.0. The van der Waals surface area contributed by atoms with Crippen molar-refractivity contribution in [1.82, 2.24) is 20.2 Å². The fourth-order valence-corrected chi connectivity index (χ4v) is 6.86. The largest absolute Gasteiger partial charge is 0.377 e. The van der Waals surface area contributed by atoms with Gasteiger partial charge in [0, 0.05) is 19.4 Å². The van der Waals surface area contributed by atoms with E-state index in [1.165, 1.54) is 10.2 Å². The number of rotatable bonds is 12. The first-order valence-electron chi connectivity index (χ1n) is 14.1. The molecule has 0 radical (unpaired) electrons. The van der Waals surface area contributed by atoms with Crippen LogP contribution >= 0.6 is 0 Å². The Labute approximate surface area is 230 Å². The van der Waals surface area contributed by atoms with Gasteiger partial charge in [0.1, 0.15) is 0 Å². The smallest absolute Gasteiger partial charge is 0.272 e. The fraction of sp³-hybridized carbons (Fsp3) is 0.552. The number of benzene rings is 2. The number of ether oxygens (including phenoxy) is 3. The van der Waals surface area contributed by atoms with Gasteiger partial charge in [-0.3, -0.25) is 0 Å². The van der Waals surface area contributed by atoms with E-state index in [-0.39, 0.29) is 23.1 Å². The molecule has 210 valence electrons. The predicted molar refractivity (Wildman–Crippen MR) is 146 cm³/mol. The molecule has 2 aromatic carbocycles. The van der Waals surface area contributed by atoms with Crippen molar-refractivity contribution in [1.29, 1.82) is 0 Å². The molecule has 0 unspecified atom stereocenters. The molecule has 2 fully saturated rings. The number of sulfone groups is 1. The van der Waals surface area contributed by atoms with Gasteiger partial charge in [0.25, 0.3) is 5.16 Å². The molecule has 3 atom stereocenters. The van der Waals surface area contributed by atoms with Crippen molar-refractivity contribution in [2.24, 2.45) is 0 Å². The molecule has 10 heteroatoms. The van der Waals surface area contributed by atoms with Crippen molar-refractivity contribution < 1.29 is 22.6 Å². The molecular formula is C29H38N4O5S. The van der Waals surface area contributed by atoms with Crippen LogP contribution in [0.3, 0.4) is 0 Å². The Hall–Kier alpha value is -2.66. The van der Waals surface area contributed by atoms with Crippen LogP contribution < -0.4 is 0 Å². The first-order valence-corrected chi connectivity index (χ1v) is 15.7. The highest BCUT2D eigenvalue weighted by atomic mass is 32.2. The molecule has 2 saturated heterocycles. The number of nitrogens with zero attached hydrogens (tertiary/aromatic N) is 4. The molecule has 0 amide bonds. The standard InChI is InChI=1S/C29H38N4O5S/c34-39(35,28-30-31-32-33(28)25-13-5-2-6-14-25)22-18-27-17-10-20-29(38-27)19-9-16-26(37-29)15-7-8-21-36-23-24-11-3-1-4-12-24/h1-6,11-14,26-27H,7-10,15-23H2/t26-,27+,29+/m1/s1. The molecule has 2 aliphatic rings. The number of tetrazole rings is 1. The second-order valence-electron chi connectivity index (χ2n) is 10.5. The zero-order valence-corrected chi connectivity index (χ0v) is 23.2. The lowest BCUT2D eigenvalue weighted by Crippen LogP contribution is -2.48. The summed E-state index contributed by atoms with van der Waals surface area (Å²) in [5, 5.41) is 11.2. The van der Waals surface area contributed by atoms with Gasteiger partial charge in [0.15, 0.2) is 5.79 Å². The Bertz CT molecular complexity index is 1270. The minimum atomic E-state index is -3.69. The molecule has 39 heavy (non-hydrogen) atoms. The van der Waals surface area contributed by atoms with Gasteiger partial charge < -0.3 is 14.2 Å². The summed E-state index contributed by atoms with van der Waals surface area (Å²) < 4.78 is 46.5. The van der Waals surface area contributed by atoms with E-state index in [1.807, 2.05) is 36.4 Å². The summed E-state index contributed by atoms with van der Waals surface area (Å²) in [6.07, 6.45) is 9.04. The Morgan fingerprint density at radius 2 is 1.56 bits per heavy atom. The Morgan fingerprint density at radius 3 is 2.28 bits per heavy atom. The average molecular weight is 555 g/mol. The lowest BCUT2D eigenvalue weighted by Gasteiger charge is -2.46. The summed E-state index contributed by atoms with van der Waals surface area (Å²) in [5.41, 5.74) is 1.81. The van der Waals surface area contributed by atoms with Crippen molar-refractivity contribution in [3.05, 3.63) is 66.2 Å². The molecule has 0 N–H and O–H groups in total. The van der Waals surface area contributed by atoms with Crippen LogP contribution in [0.1, 0.15) is 69.8 Å². The summed E-state index contributed by atoms with van der Waals surface area (Å²) in [7, 11) is -3.69. The number of aromatic nitrogens is 4. The van der Waals surface area contributed by atoms with Gasteiger partial charge in [-0.05, 0) is 79.5 Å². The van der Waals surface area contributed by atoms with Crippen LogP contribution in [-0.4, -0.2) is 59.0 Å². The third kappa shape index (κ3) is 7.51. The van der Waals surface area contributed by atoms with E-state index in [0.29, 0.717) is 18.7 Å². The molecule has 1 aromatic heterocycles. The van der Waals surface area contributed by atoms with Crippen LogP contribution in [0.2, 0.25) is 0 Å². The summed E-state index contributed by atoms with van der Waals surface area (Å²) in [5.74, 6) is -0.668. The number of hydrogen-bond acceptors (Lipinski definition) is 8. The van der Waals surface area contributed by atoms with Gasteiger partial charge in [-0.25, -0.2) is 8.42 Å². The molecule has 0 saturated carbocycles. The Balaban J connectivity index is 1.08. The maximum Gasteiger partial charge on any atom is 0.272 e. The number of hydrogen-bond donors (Lipinski definition) is 0. The van der Waals surface area contributed by atoms with Gasteiger partial charge in [-0.2, -0.15) is 4.68 Å². The Kier molecular flexibility index (Phi) is 9.39. The fourth-order valence-electron chi connectivity index (χ4n) is 5.54. The molecule has 9 nitrogen and oxygen atoms in total. The summed E-state index contributed by atoms with van der Waals surface area (Å²) in [4.78, 5) is 0. The zero-order valence-electron chi connectivity index (χ0n) is 22.4. The van der Waals surface area contributed by atoms with E-state index in [9.17, 15) is 8.42 Å². The van der Waals surface area contributed by atoms with Crippen LogP contribution in [0.15, 0.2) is 65.8 Å². The van der Waals surface area contributed by atoms with E-state index in [0.717, 1.165) is 64.4 Å². The number of para-hydroxylation sites is 1. The van der Waals surface area contributed by atoms with Crippen molar-refractivity contribution in [3.63, 3.8) is 0 Å². The first kappa shape index (κ1) is 27.9. The first-order chi connectivity index (χ1) is 19.0. The highest BCUT2D eigenvalue weighted by Crippen LogP contribution is 2.41. The molecule has 3 aromatic rings. The summed E-state index contributed by atoms with van der Waals surface area (Å²) in [6.45, 7) is 1.39. The number of unbranched alkanes of at least 4 members (excludes halogenated alkanes) is 1. The van der Waals surface area contributed by atoms with Gasteiger partial charge >= 0.3 is 0 Å². The van der Waals surface area contributed by atoms with Crippen molar-refractivity contribution in [2.75, 3.05) is 12.4 Å². The minimum absolute atomic E-state index is 0.0760. The quantitative estimate of drug-likeness (QED) is 0.287. The van der Waals surface area contributed by atoms with E-state index < -0.39 is 15.6 Å². The van der Waals surface area contributed by atoms with Crippen molar-refractivity contribution in [3.8, 4) is 5.69 Å². The average Bonchev–Trinajstić information content (AvgIpc) is 3.47. The highest BCUT2D eigenvalue weighted by Gasteiger charge is 2.42. The Morgan fingerprint density at radius 1 is 0.897 bits per heavy atom. The van der Waals surface area contributed by atoms with E-state index >= 15 is 0 Å². The molecule has 0 aliphatic carbocycles. The van der Waals surface area contributed by atoms with Crippen LogP contribution in [0.4, 0.5) is 0 Å². The summed E-state index contributed by atoms with van der Waals surface area (Å²) in [6, 6.07) is 19.3. The molecule has 1 spiro atoms. The second-order valence-corrected chi connectivity index (χ2v) is 12.5. The third-order valence-electron chi connectivity index (χ3n) is 7.54. The maximum absolute atomic E-state index is 13.2. The van der Waals surface area contributed by atoms with Crippen LogP contribution in [0, 0.1) is 0 Å². The monoisotopic (exact) mass is 554 g/mol. The van der Waals surface area contributed by atoms with E-state index in [4.69, 9.17) is 14.2 Å². The topological polar surface area (TPSA) is 105 Å². The van der Waals surface area contributed by atoms with Gasteiger partial charge in [-0.15, -0.1) is 0 Å². The molecule has 5 rings (SSSR count). The van der Waals surface area contributed by atoms with Crippen molar-refractivity contribution in [2.45, 2.75) is 94.0 Å². The van der Waals surface area contributed by atoms with Crippen LogP contribution in [-0.2, 0) is 30.7 Å². The normalized spacial score (nSPS) is 23.7. The summed E-state index contributed by atoms with van der Waals surface area (Å²) >= 11 is 0. The predicted octanol–water partition coefficient (Wildman–Crippen LogP) is 5.05. The highest BCUT2D eigenvalue weighted by molar-refractivity contribution is 7.91. The minimum Gasteiger partial charge on any atom is -0.377 e. The molecule has 0 bridgehead atoms. The van der Waals surface area contributed by atoms with E-state index in [1.54, 1.807) is 12.1 Å². The third-order valence-corrected chi connectivity index (χ3v) is 9.12. The molecular weight excluding hydrogens is 516 g/mol. The van der Waals surface area contributed by atoms with Crippen LogP contribution in [0.25, 0.3) is 5.69 Å². The molecule has 3 heterocycles. The van der Waals surface area contributed by atoms with Crippen LogP contribution in [0.5, 0.6) is 0 Å². The lowest BCUT2D eigenvalue weighted by molar-refractivity contribution is -0.315. The van der Waals surface area contributed by atoms with Gasteiger partial charge in [-0.1, -0.05) is 53.6 Å². The lowest BCUT2D eigenvalue weighted by atomic mass is 9.91.